The highest BCUT2D eigenvalue weighted by molar-refractivity contribution is 8.00. The first-order chi connectivity index (χ1) is 13.6. The Bertz CT molecular complexity index is 1170. The highest BCUT2D eigenvalue weighted by Crippen LogP contribution is 2.28. The number of hydrogen-bond donors (Lipinski definition) is 1. The van der Waals surface area contributed by atoms with Gasteiger partial charge in [-0.2, -0.15) is 0 Å². The highest BCUT2D eigenvalue weighted by atomic mass is 32.2. The van der Waals surface area contributed by atoms with E-state index in [1.54, 1.807) is 37.5 Å². The van der Waals surface area contributed by atoms with Crippen molar-refractivity contribution >= 4 is 34.2 Å². The van der Waals surface area contributed by atoms with Gasteiger partial charge in [-0.25, -0.2) is 4.98 Å². The third-order valence-electron chi connectivity index (χ3n) is 4.98. The summed E-state index contributed by atoms with van der Waals surface area (Å²) in [5.41, 5.74) is 2.86. The van der Waals surface area contributed by atoms with Crippen LogP contribution < -0.4 is 5.56 Å². The number of benzene rings is 1. The SMILES string of the molecule is CC(=O)c1c(C)[nH]c(C(=O)[C@H](C)Sc2nc3ccccc3c(=O)n2C(C)C)c1C. The van der Waals surface area contributed by atoms with Gasteiger partial charge < -0.3 is 4.98 Å². The summed E-state index contributed by atoms with van der Waals surface area (Å²) in [6, 6.07) is 7.13. The number of carbonyl (C=O) groups excluding carboxylic acids is 2. The number of para-hydroxylation sites is 1. The summed E-state index contributed by atoms with van der Waals surface area (Å²) in [6.07, 6.45) is 0. The van der Waals surface area contributed by atoms with Crippen LogP contribution in [0.5, 0.6) is 0 Å². The number of aromatic amines is 1. The number of nitrogens with one attached hydrogen (secondary N) is 1. The van der Waals surface area contributed by atoms with Gasteiger partial charge in [-0.3, -0.25) is 19.0 Å². The third kappa shape index (κ3) is 3.79. The second-order valence-electron chi connectivity index (χ2n) is 7.49. The summed E-state index contributed by atoms with van der Waals surface area (Å²) in [6.45, 7) is 10.7. The van der Waals surface area contributed by atoms with E-state index < -0.39 is 5.25 Å². The van der Waals surface area contributed by atoms with Crippen LogP contribution in [-0.2, 0) is 0 Å². The monoisotopic (exact) mass is 411 g/mol. The molecule has 2 heterocycles. The van der Waals surface area contributed by atoms with Gasteiger partial charge in [0.25, 0.3) is 5.56 Å². The number of fused-ring (bicyclic) bond motifs is 1. The maximum atomic E-state index is 13.1. The van der Waals surface area contributed by atoms with Crippen LogP contribution in [0, 0.1) is 13.8 Å². The first-order valence-electron chi connectivity index (χ1n) is 9.55. The number of thioether (sulfide) groups is 1. The van der Waals surface area contributed by atoms with Gasteiger partial charge in [0.1, 0.15) is 0 Å². The molecule has 0 saturated carbocycles. The van der Waals surface area contributed by atoms with Gasteiger partial charge >= 0.3 is 0 Å². The van der Waals surface area contributed by atoms with Gasteiger partial charge in [-0.05, 0) is 59.2 Å². The minimum Gasteiger partial charge on any atom is -0.355 e. The minimum absolute atomic E-state index is 0.0690. The Morgan fingerprint density at radius 3 is 2.38 bits per heavy atom. The van der Waals surface area contributed by atoms with Crippen LogP contribution in [0.15, 0.2) is 34.2 Å². The summed E-state index contributed by atoms with van der Waals surface area (Å²) in [5, 5.41) is 0.591. The lowest BCUT2D eigenvalue weighted by Crippen LogP contribution is -2.26. The molecular weight excluding hydrogens is 386 g/mol. The Balaban J connectivity index is 2.02. The van der Waals surface area contributed by atoms with Crippen LogP contribution >= 0.6 is 11.8 Å². The Morgan fingerprint density at radius 1 is 1.14 bits per heavy atom. The quantitative estimate of drug-likeness (QED) is 0.367. The first-order valence-corrected chi connectivity index (χ1v) is 10.4. The van der Waals surface area contributed by atoms with E-state index >= 15 is 0 Å². The lowest BCUT2D eigenvalue weighted by Gasteiger charge is -2.18. The van der Waals surface area contributed by atoms with Crippen molar-refractivity contribution in [3.8, 4) is 0 Å². The predicted octanol–water partition coefficient (Wildman–Crippen LogP) is 4.49. The molecule has 2 aromatic heterocycles. The molecule has 0 aliphatic rings. The van der Waals surface area contributed by atoms with E-state index in [2.05, 4.69) is 9.97 Å². The fourth-order valence-electron chi connectivity index (χ4n) is 3.60. The van der Waals surface area contributed by atoms with Crippen molar-refractivity contribution in [1.82, 2.24) is 14.5 Å². The maximum absolute atomic E-state index is 13.1. The first kappa shape index (κ1) is 21.0. The molecule has 0 aliphatic heterocycles. The molecule has 0 radical (unpaired) electrons. The number of aromatic nitrogens is 3. The zero-order chi connectivity index (χ0) is 21.5. The largest absolute Gasteiger partial charge is 0.355 e. The fraction of sp³-hybridized carbons (Fsp3) is 0.364. The Hall–Kier alpha value is -2.67. The van der Waals surface area contributed by atoms with E-state index in [9.17, 15) is 14.4 Å². The van der Waals surface area contributed by atoms with Crippen LogP contribution in [0.1, 0.15) is 65.8 Å². The number of aryl methyl sites for hydroxylation is 1. The van der Waals surface area contributed by atoms with Crippen molar-refractivity contribution in [2.24, 2.45) is 0 Å². The number of ketones is 2. The summed E-state index contributed by atoms with van der Waals surface area (Å²) < 4.78 is 1.63. The van der Waals surface area contributed by atoms with E-state index in [1.165, 1.54) is 18.7 Å². The van der Waals surface area contributed by atoms with Crippen molar-refractivity contribution < 1.29 is 9.59 Å². The molecule has 29 heavy (non-hydrogen) atoms. The van der Waals surface area contributed by atoms with Gasteiger partial charge in [0.15, 0.2) is 16.7 Å². The highest BCUT2D eigenvalue weighted by Gasteiger charge is 2.26. The average Bonchev–Trinajstić information content (AvgIpc) is 2.95. The number of carbonyl (C=O) groups is 2. The van der Waals surface area contributed by atoms with E-state index in [0.717, 1.165) is 0 Å². The molecule has 0 saturated heterocycles. The minimum atomic E-state index is -0.482. The van der Waals surface area contributed by atoms with Gasteiger partial charge in [0.2, 0.25) is 0 Å². The number of Topliss-reactive ketones (excluding diaryl/α,β-unsaturated/α-hetero) is 2. The average molecular weight is 412 g/mol. The molecule has 0 amide bonds. The number of nitrogens with zero attached hydrogens (tertiary/aromatic N) is 2. The molecule has 1 atom stereocenters. The van der Waals surface area contributed by atoms with Gasteiger partial charge in [-0.1, -0.05) is 23.9 Å². The van der Waals surface area contributed by atoms with E-state index in [-0.39, 0.29) is 23.2 Å². The Kier molecular flexibility index (Phi) is 5.80. The topological polar surface area (TPSA) is 84.8 Å². The molecule has 7 heteroatoms. The van der Waals surface area contributed by atoms with Crippen molar-refractivity contribution in [1.29, 1.82) is 0 Å². The molecule has 6 nitrogen and oxygen atoms in total. The molecular formula is C22H25N3O3S. The van der Waals surface area contributed by atoms with Gasteiger partial charge in [-0.15, -0.1) is 0 Å². The number of H-pyrrole nitrogens is 1. The molecule has 3 rings (SSSR count). The number of rotatable bonds is 6. The lowest BCUT2D eigenvalue weighted by atomic mass is 10.0. The molecule has 0 spiro atoms. The predicted molar refractivity (Wildman–Crippen MR) is 116 cm³/mol. The standard InChI is InChI=1S/C22H25N3O3S/c1-11(2)25-21(28)16-9-7-8-10-17(16)24-22(25)29-15(6)20(27)19-12(3)18(14(5)26)13(4)23-19/h7-11,15,23H,1-6H3/t15-/m0/s1. The van der Waals surface area contributed by atoms with Crippen molar-refractivity contribution in [2.45, 2.75) is 58.0 Å². The van der Waals surface area contributed by atoms with Crippen molar-refractivity contribution in [3.63, 3.8) is 0 Å². The van der Waals surface area contributed by atoms with E-state index in [1.807, 2.05) is 26.0 Å². The molecule has 1 aromatic carbocycles. The summed E-state index contributed by atoms with van der Waals surface area (Å²) in [5.74, 6) is -0.193. The van der Waals surface area contributed by atoms with Crippen LogP contribution in [0.25, 0.3) is 10.9 Å². The summed E-state index contributed by atoms with van der Waals surface area (Å²) >= 11 is 1.26. The van der Waals surface area contributed by atoms with Crippen LogP contribution in [0.2, 0.25) is 0 Å². The zero-order valence-electron chi connectivity index (χ0n) is 17.5. The van der Waals surface area contributed by atoms with Crippen LogP contribution in [0.3, 0.4) is 0 Å². The molecule has 1 N–H and O–H groups in total. The third-order valence-corrected chi connectivity index (χ3v) is 6.05. The molecule has 152 valence electrons. The van der Waals surface area contributed by atoms with Crippen LogP contribution in [0.4, 0.5) is 0 Å². The normalized spacial score (nSPS) is 12.5. The maximum Gasteiger partial charge on any atom is 0.262 e. The molecule has 0 aliphatic carbocycles. The van der Waals surface area contributed by atoms with Crippen LogP contribution in [-0.4, -0.2) is 31.4 Å². The molecule has 0 bridgehead atoms. The molecule has 0 fully saturated rings. The second kappa shape index (κ2) is 7.99. The Labute approximate surface area is 173 Å². The van der Waals surface area contributed by atoms with E-state index in [0.29, 0.717) is 38.6 Å². The smallest absolute Gasteiger partial charge is 0.262 e. The molecule has 0 unspecified atom stereocenters. The number of hydrogen-bond acceptors (Lipinski definition) is 5. The second-order valence-corrected chi connectivity index (χ2v) is 8.79. The fourth-order valence-corrected chi connectivity index (χ4v) is 4.70. The van der Waals surface area contributed by atoms with Gasteiger partial charge in [0, 0.05) is 17.3 Å². The van der Waals surface area contributed by atoms with Crippen molar-refractivity contribution in [2.75, 3.05) is 0 Å². The summed E-state index contributed by atoms with van der Waals surface area (Å²) in [7, 11) is 0. The van der Waals surface area contributed by atoms with Gasteiger partial charge in [0.05, 0.1) is 21.8 Å². The van der Waals surface area contributed by atoms with E-state index in [4.69, 9.17) is 0 Å². The Morgan fingerprint density at radius 2 is 1.79 bits per heavy atom. The van der Waals surface area contributed by atoms with Crippen molar-refractivity contribution in [3.05, 3.63) is 57.1 Å². The lowest BCUT2D eigenvalue weighted by molar-refractivity contribution is 0.0988. The molecule has 3 aromatic rings. The zero-order valence-corrected chi connectivity index (χ0v) is 18.3. The summed E-state index contributed by atoms with van der Waals surface area (Å²) in [4.78, 5) is 45.7.